The van der Waals surface area contributed by atoms with Crippen LogP contribution in [0.15, 0.2) is 42.6 Å². The van der Waals surface area contributed by atoms with E-state index in [-0.39, 0.29) is 6.61 Å². The van der Waals surface area contributed by atoms with Crippen molar-refractivity contribution in [1.29, 1.82) is 0 Å². The Balaban J connectivity index is 1.53. The summed E-state index contributed by atoms with van der Waals surface area (Å²) in [6, 6.07) is 12.4. The average molecular weight is 383 g/mol. The van der Waals surface area contributed by atoms with E-state index in [0.29, 0.717) is 5.92 Å². The van der Waals surface area contributed by atoms with E-state index in [0.717, 1.165) is 30.1 Å². The van der Waals surface area contributed by atoms with E-state index < -0.39 is 5.60 Å². The van der Waals surface area contributed by atoms with Gasteiger partial charge in [0.1, 0.15) is 12.4 Å². The quantitative estimate of drug-likeness (QED) is 0.678. The molecule has 1 aliphatic rings. The molecule has 2 N–H and O–H groups in total. The van der Waals surface area contributed by atoms with Crippen molar-refractivity contribution in [3.8, 4) is 17.0 Å². The second kappa shape index (κ2) is 7.58. The Labute approximate surface area is 164 Å². The van der Waals surface area contributed by atoms with Crippen molar-refractivity contribution >= 4 is 21.4 Å². The largest absolute Gasteiger partial charge is 0.491 e. The van der Waals surface area contributed by atoms with E-state index in [9.17, 15) is 5.11 Å². The summed E-state index contributed by atoms with van der Waals surface area (Å²) in [6.45, 7) is 5.97. The number of thiophene rings is 1. The number of pyridine rings is 1. The Morgan fingerprint density at radius 3 is 2.63 bits per heavy atom. The Hall–Kier alpha value is -1.95. The number of piperidine rings is 1. The van der Waals surface area contributed by atoms with Gasteiger partial charge in [-0.3, -0.25) is 4.98 Å². The lowest BCUT2D eigenvalue weighted by Crippen LogP contribution is -2.27. The first-order valence-electron chi connectivity index (χ1n) is 9.54. The third-order valence-electron chi connectivity index (χ3n) is 4.90. The van der Waals surface area contributed by atoms with Crippen molar-refractivity contribution < 1.29 is 9.84 Å². The molecule has 0 spiro atoms. The van der Waals surface area contributed by atoms with Crippen LogP contribution in [0.3, 0.4) is 0 Å². The van der Waals surface area contributed by atoms with Crippen LogP contribution >= 0.6 is 11.3 Å². The summed E-state index contributed by atoms with van der Waals surface area (Å²) >= 11 is 1.91. The molecule has 0 atom stereocenters. The molecule has 4 nitrogen and oxygen atoms in total. The van der Waals surface area contributed by atoms with Gasteiger partial charge in [0.05, 0.1) is 11.3 Å². The highest BCUT2D eigenvalue weighted by molar-refractivity contribution is 7.19. The molecule has 0 unspecified atom stereocenters. The molecule has 1 fully saturated rings. The van der Waals surface area contributed by atoms with E-state index >= 15 is 0 Å². The molecule has 0 amide bonds. The zero-order valence-electron chi connectivity index (χ0n) is 15.9. The summed E-state index contributed by atoms with van der Waals surface area (Å²) in [5.74, 6) is 1.44. The van der Waals surface area contributed by atoms with Crippen LogP contribution in [0.4, 0.5) is 0 Å². The molecule has 0 saturated carbocycles. The summed E-state index contributed by atoms with van der Waals surface area (Å²) in [7, 11) is 0. The predicted octanol–water partition coefficient (Wildman–Crippen LogP) is 4.58. The molecule has 1 saturated heterocycles. The number of aromatic nitrogens is 1. The van der Waals surface area contributed by atoms with Gasteiger partial charge in [0.15, 0.2) is 0 Å². The molecule has 3 aromatic rings. The molecular formula is C22H26N2O2S. The summed E-state index contributed by atoms with van der Waals surface area (Å²) in [6.07, 6.45) is 4.43. The molecule has 5 heteroatoms. The molecule has 3 heterocycles. The summed E-state index contributed by atoms with van der Waals surface area (Å²) in [4.78, 5) is 6.15. The molecule has 0 bridgehead atoms. The van der Waals surface area contributed by atoms with E-state index in [1.54, 1.807) is 13.8 Å². The smallest absolute Gasteiger partial charge is 0.119 e. The second-order valence-electron chi connectivity index (χ2n) is 7.91. The molecule has 2 aromatic heterocycles. The molecule has 4 rings (SSSR count). The van der Waals surface area contributed by atoms with Crippen LogP contribution in [-0.4, -0.2) is 35.4 Å². The van der Waals surface area contributed by atoms with Crippen LogP contribution < -0.4 is 10.1 Å². The van der Waals surface area contributed by atoms with Crippen molar-refractivity contribution in [2.24, 2.45) is 0 Å². The van der Waals surface area contributed by atoms with Gasteiger partial charge in [-0.25, -0.2) is 0 Å². The van der Waals surface area contributed by atoms with Gasteiger partial charge in [-0.2, -0.15) is 0 Å². The van der Waals surface area contributed by atoms with Crippen LogP contribution in [0.5, 0.6) is 5.75 Å². The lowest BCUT2D eigenvalue weighted by atomic mass is 9.96. The van der Waals surface area contributed by atoms with Gasteiger partial charge in [0.25, 0.3) is 0 Å². The van der Waals surface area contributed by atoms with Crippen LogP contribution in [0, 0.1) is 0 Å². The first kappa shape index (κ1) is 18.4. The topological polar surface area (TPSA) is 54.4 Å². The third kappa shape index (κ3) is 4.49. The zero-order valence-corrected chi connectivity index (χ0v) is 16.7. The Morgan fingerprint density at radius 1 is 1.19 bits per heavy atom. The van der Waals surface area contributed by atoms with Crippen LogP contribution in [-0.2, 0) is 0 Å². The number of hydrogen-bond acceptors (Lipinski definition) is 5. The number of aliphatic hydroxyl groups is 1. The number of nitrogens with zero attached hydrogens (tertiary/aromatic N) is 1. The van der Waals surface area contributed by atoms with Crippen LogP contribution in [0.25, 0.3) is 21.3 Å². The minimum Gasteiger partial charge on any atom is -0.491 e. The highest BCUT2D eigenvalue weighted by Gasteiger charge is 2.18. The van der Waals surface area contributed by atoms with Gasteiger partial charge in [0.2, 0.25) is 0 Å². The minimum atomic E-state index is -0.837. The third-order valence-corrected chi connectivity index (χ3v) is 6.16. The number of ether oxygens (including phenoxy) is 1. The Bertz CT molecular complexity index is 906. The SMILES string of the molecule is CC(C)(O)COc1ccc(-c2cc3sc(C4CCNCC4)cc3cn2)cc1. The number of benzene rings is 1. The second-order valence-corrected chi connectivity index (χ2v) is 9.02. The van der Waals surface area contributed by atoms with Crippen LogP contribution in [0.1, 0.15) is 37.5 Å². The first-order valence-corrected chi connectivity index (χ1v) is 10.4. The van der Waals surface area contributed by atoms with Gasteiger partial charge >= 0.3 is 0 Å². The lowest BCUT2D eigenvalue weighted by molar-refractivity contribution is 0.0285. The maximum atomic E-state index is 9.77. The first-order chi connectivity index (χ1) is 13.0. The van der Waals surface area contributed by atoms with Crippen molar-refractivity contribution in [1.82, 2.24) is 10.3 Å². The maximum Gasteiger partial charge on any atom is 0.119 e. The molecule has 1 aromatic carbocycles. The molecule has 142 valence electrons. The number of rotatable bonds is 5. The Kier molecular flexibility index (Phi) is 5.17. The lowest BCUT2D eigenvalue weighted by Gasteiger charge is -2.21. The fraction of sp³-hybridized carbons (Fsp3) is 0.409. The van der Waals surface area contributed by atoms with E-state index in [4.69, 9.17) is 4.74 Å². The van der Waals surface area contributed by atoms with Crippen molar-refractivity contribution in [2.45, 2.75) is 38.2 Å². The fourth-order valence-electron chi connectivity index (χ4n) is 3.40. The van der Waals surface area contributed by atoms with Crippen LogP contribution in [0.2, 0.25) is 0 Å². The van der Waals surface area contributed by atoms with Gasteiger partial charge in [-0.15, -0.1) is 11.3 Å². The van der Waals surface area contributed by atoms with E-state index in [1.807, 2.05) is 41.8 Å². The van der Waals surface area contributed by atoms with Crippen molar-refractivity contribution in [3.63, 3.8) is 0 Å². The summed E-state index contributed by atoms with van der Waals surface area (Å²) < 4.78 is 6.93. The van der Waals surface area contributed by atoms with E-state index in [2.05, 4.69) is 22.4 Å². The zero-order chi connectivity index (χ0) is 18.9. The van der Waals surface area contributed by atoms with Gasteiger partial charge in [-0.05, 0) is 82.1 Å². The Morgan fingerprint density at radius 2 is 1.93 bits per heavy atom. The molecule has 1 aliphatic heterocycles. The predicted molar refractivity (Wildman–Crippen MR) is 112 cm³/mol. The number of hydrogen-bond donors (Lipinski definition) is 2. The molecule has 0 aliphatic carbocycles. The molecule has 27 heavy (non-hydrogen) atoms. The molecule has 0 radical (unpaired) electrons. The number of fused-ring (bicyclic) bond motifs is 1. The highest BCUT2D eigenvalue weighted by atomic mass is 32.1. The fourth-order valence-corrected chi connectivity index (χ4v) is 4.64. The molecular weight excluding hydrogens is 356 g/mol. The average Bonchev–Trinajstić information content (AvgIpc) is 3.10. The summed E-state index contributed by atoms with van der Waals surface area (Å²) in [5.41, 5.74) is 1.22. The maximum absolute atomic E-state index is 9.77. The monoisotopic (exact) mass is 382 g/mol. The summed E-state index contributed by atoms with van der Waals surface area (Å²) in [5, 5.41) is 14.4. The number of nitrogens with one attached hydrogen (secondary N) is 1. The van der Waals surface area contributed by atoms with Gasteiger partial charge in [-0.1, -0.05) is 0 Å². The van der Waals surface area contributed by atoms with Gasteiger partial charge in [0, 0.05) is 26.7 Å². The highest BCUT2D eigenvalue weighted by Crippen LogP contribution is 2.36. The van der Waals surface area contributed by atoms with E-state index in [1.165, 1.54) is 27.8 Å². The van der Waals surface area contributed by atoms with Crippen molar-refractivity contribution in [3.05, 3.63) is 47.5 Å². The van der Waals surface area contributed by atoms with Gasteiger partial charge < -0.3 is 15.2 Å². The standard InChI is InChI=1S/C22H26N2O2S/c1-22(2,25)14-26-18-5-3-15(4-6-18)19-12-21-17(13-24-19)11-20(27-21)16-7-9-23-10-8-16/h3-6,11-13,16,23,25H,7-10,14H2,1-2H3. The minimum absolute atomic E-state index is 0.269. The van der Waals surface area contributed by atoms with Crippen molar-refractivity contribution in [2.75, 3.05) is 19.7 Å². The normalized spacial score (nSPS) is 16.0.